The molecule has 3 fully saturated rings. The van der Waals surface area contributed by atoms with E-state index in [4.69, 9.17) is 14.2 Å². The van der Waals surface area contributed by atoms with Crippen molar-refractivity contribution in [3.05, 3.63) is 0 Å². The molecule has 2 aliphatic heterocycles. The number of esters is 1. The van der Waals surface area contributed by atoms with Gasteiger partial charge in [0.2, 0.25) is 5.79 Å². The van der Waals surface area contributed by atoms with Crippen molar-refractivity contribution in [3.8, 4) is 0 Å². The van der Waals surface area contributed by atoms with Crippen molar-refractivity contribution in [2.24, 2.45) is 0 Å². The lowest BCUT2D eigenvalue weighted by Gasteiger charge is -2.37. The first-order valence-corrected chi connectivity index (χ1v) is 9.97. The predicted molar refractivity (Wildman–Crippen MR) is 92.0 cm³/mol. The van der Waals surface area contributed by atoms with Crippen molar-refractivity contribution in [2.75, 3.05) is 13.2 Å². The molecule has 3 rings (SSSR count). The van der Waals surface area contributed by atoms with E-state index < -0.39 is 11.8 Å². The average Bonchev–Trinajstić information content (AvgIpc) is 3.11. The molecule has 142 valence electrons. The van der Waals surface area contributed by atoms with Gasteiger partial charge in [-0.1, -0.05) is 13.3 Å². The lowest BCUT2D eigenvalue weighted by atomic mass is 9.98. The van der Waals surface area contributed by atoms with Gasteiger partial charge >= 0.3 is 12.1 Å². The summed E-state index contributed by atoms with van der Waals surface area (Å²) in [5, 5.41) is 0. The molecule has 1 amide bonds. The minimum absolute atomic E-state index is 0.00000335. The molecule has 2 unspecified atom stereocenters. The number of carbonyl (C=O) groups excluding carboxylic acids is 2. The summed E-state index contributed by atoms with van der Waals surface area (Å²) in [6, 6.07) is -0.544. The summed E-state index contributed by atoms with van der Waals surface area (Å²) >= 11 is 0. The SMILES string of the molecule is CCC1(OC(=O)C2CCCCN2C(=O)OC2CCCCC2)CCCO1. The highest BCUT2D eigenvalue weighted by atomic mass is 16.7. The van der Waals surface area contributed by atoms with Gasteiger partial charge in [0.15, 0.2) is 0 Å². The molecule has 2 heterocycles. The molecule has 25 heavy (non-hydrogen) atoms. The van der Waals surface area contributed by atoms with Gasteiger partial charge in [0, 0.05) is 19.4 Å². The van der Waals surface area contributed by atoms with Crippen LogP contribution in [0.25, 0.3) is 0 Å². The second-order valence-corrected chi connectivity index (χ2v) is 7.49. The summed E-state index contributed by atoms with van der Waals surface area (Å²) in [5.41, 5.74) is 0. The number of nitrogens with zero attached hydrogens (tertiary/aromatic N) is 1. The highest BCUT2D eigenvalue weighted by Crippen LogP contribution is 2.32. The first-order chi connectivity index (χ1) is 12.1. The van der Waals surface area contributed by atoms with E-state index in [0.29, 0.717) is 26.0 Å². The van der Waals surface area contributed by atoms with E-state index >= 15 is 0 Å². The van der Waals surface area contributed by atoms with Crippen LogP contribution in [0.1, 0.15) is 77.6 Å². The second kappa shape index (κ2) is 8.39. The Morgan fingerprint density at radius 3 is 2.52 bits per heavy atom. The van der Waals surface area contributed by atoms with Crippen LogP contribution in [0, 0.1) is 0 Å². The quantitative estimate of drug-likeness (QED) is 0.720. The summed E-state index contributed by atoms with van der Waals surface area (Å²) in [6.07, 6.45) is 9.68. The van der Waals surface area contributed by atoms with Crippen molar-refractivity contribution in [1.82, 2.24) is 4.90 Å². The highest BCUT2D eigenvalue weighted by molar-refractivity contribution is 5.82. The number of carbonyl (C=O) groups is 2. The van der Waals surface area contributed by atoms with Crippen molar-refractivity contribution < 1.29 is 23.8 Å². The molecule has 1 saturated carbocycles. The largest absolute Gasteiger partial charge is 0.446 e. The second-order valence-electron chi connectivity index (χ2n) is 7.49. The van der Waals surface area contributed by atoms with Gasteiger partial charge in [0.05, 0.1) is 6.61 Å². The molecule has 6 nitrogen and oxygen atoms in total. The Bertz CT molecular complexity index is 468. The van der Waals surface area contributed by atoms with Crippen molar-refractivity contribution in [1.29, 1.82) is 0 Å². The number of ether oxygens (including phenoxy) is 3. The first kappa shape index (κ1) is 18.5. The maximum absolute atomic E-state index is 12.8. The molecule has 0 aromatic heterocycles. The highest BCUT2D eigenvalue weighted by Gasteiger charge is 2.42. The zero-order valence-corrected chi connectivity index (χ0v) is 15.3. The number of piperidine rings is 1. The van der Waals surface area contributed by atoms with Gasteiger partial charge < -0.3 is 14.2 Å². The summed E-state index contributed by atoms with van der Waals surface area (Å²) in [6.45, 7) is 3.15. The van der Waals surface area contributed by atoms with E-state index in [9.17, 15) is 9.59 Å². The Kier molecular flexibility index (Phi) is 6.20. The van der Waals surface area contributed by atoms with E-state index in [1.807, 2.05) is 6.92 Å². The Morgan fingerprint density at radius 1 is 1.08 bits per heavy atom. The van der Waals surface area contributed by atoms with E-state index in [2.05, 4.69) is 0 Å². The minimum atomic E-state index is -0.798. The number of rotatable bonds is 4. The normalized spacial score (nSPS) is 30.9. The van der Waals surface area contributed by atoms with Crippen LogP contribution in [0.2, 0.25) is 0 Å². The zero-order valence-electron chi connectivity index (χ0n) is 15.3. The molecular weight excluding hydrogens is 322 g/mol. The lowest BCUT2D eigenvalue weighted by Crippen LogP contribution is -2.51. The van der Waals surface area contributed by atoms with E-state index in [1.54, 1.807) is 4.90 Å². The minimum Gasteiger partial charge on any atom is -0.446 e. The Labute approximate surface area is 150 Å². The molecule has 0 spiro atoms. The van der Waals surface area contributed by atoms with Crippen LogP contribution < -0.4 is 0 Å². The summed E-state index contributed by atoms with van der Waals surface area (Å²) in [4.78, 5) is 27.0. The van der Waals surface area contributed by atoms with Crippen LogP contribution in [0.4, 0.5) is 4.79 Å². The van der Waals surface area contributed by atoms with Crippen molar-refractivity contribution >= 4 is 12.1 Å². The smallest absolute Gasteiger partial charge is 0.410 e. The van der Waals surface area contributed by atoms with Gasteiger partial charge in [-0.3, -0.25) is 4.90 Å². The zero-order chi connectivity index (χ0) is 17.7. The fourth-order valence-electron chi connectivity index (χ4n) is 4.14. The molecule has 2 saturated heterocycles. The standard InChI is InChI=1S/C19H31NO5/c1-2-19(12-8-14-23-19)25-17(21)16-11-6-7-13-20(16)18(22)24-15-9-4-3-5-10-15/h15-16H,2-14H2,1H3. The van der Waals surface area contributed by atoms with E-state index in [-0.39, 0.29) is 18.2 Å². The summed E-state index contributed by atoms with van der Waals surface area (Å²) in [7, 11) is 0. The topological polar surface area (TPSA) is 65.1 Å². The predicted octanol–water partition coefficient (Wildman–Crippen LogP) is 3.77. The fourth-order valence-corrected chi connectivity index (χ4v) is 4.14. The molecule has 0 aromatic rings. The monoisotopic (exact) mass is 353 g/mol. The van der Waals surface area contributed by atoms with Gasteiger partial charge in [-0.15, -0.1) is 0 Å². The number of likely N-dealkylation sites (tertiary alicyclic amines) is 1. The van der Waals surface area contributed by atoms with E-state index in [1.165, 1.54) is 6.42 Å². The van der Waals surface area contributed by atoms with Crippen LogP contribution in [0.3, 0.4) is 0 Å². The molecule has 0 bridgehead atoms. The maximum atomic E-state index is 12.8. The fraction of sp³-hybridized carbons (Fsp3) is 0.895. The van der Waals surface area contributed by atoms with Gasteiger partial charge in [0.25, 0.3) is 0 Å². The van der Waals surface area contributed by atoms with Crippen LogP contribution in [-0.2, 0) is 19.0 Å². The van der Waals surface area contributed by atoms with Crippen LogP contribution >= 0.6 is 0 Å². The van der Waals surface area contributed by atoms with Gasteiger partial charge in [-0.2, -0.15) is 0 Å². The molecule has 0 N–H and O–H groups in total. The Balaban J connectivity index is 1.61. The van der Waals surface area contributed by atoms with Crippen molar-refractivity contribution in [3.63, 3.8) is 0 Å². The third kappa shape index (κ3) is 4.46. The molecule has 1 aliphatic carbocycles. The van der Waals surface area contributed by atoms with E-state index in [0.717, 1.165) is 51.4 Å². The number of hydrogen-bond acceptors (Lipinski definition) is 5. The molecular formula is C19H31NO5. The number of hydrogen-bond donors (Lipinski definition) is 0. The van der Waals surface area contributed by atoms with Gasteiger partial charge in [-0.05, 0) is 51.4 Å². The lowest BCUT2D eigenvalue weighted by molar-refractivity contribution is -0.219. The van der Waals surface area contributed by atoms with Gasteiger partial charge in [-0.25, -0.2) is 9.59 Å². The number of amides is 1. The Hall–Kier alpha value is -1.30. The van der Waals surface area contributed by atoms with Crippen LogP contribution in [0.5, 0.6) is 0 Å². The van der Waals surface area contributed by atoms with Crippen molar-refractivity contribution in [2.45, 2.75) is 95.5 Å². The van der Waals surface area contributed by atoms with Gasteiger partial charge in [0.1, 0.15) is 12.1 Å². The first-order valence-electron chi connectivity index (χ1n) is 9.97. The molecule has 0 aromatic carbocycles. The Morgan fingerprint density at radius 2 is 1.84 bits per heavy atom. The summed E-state index contributed by atoms with van der Waals surface area (Å²) < 4.78 is 17.1. The third-order valence-corrected chi connectivity index (χ3v) is 5.72. The van der Waals surface area contributed by atoms with Crippen LogP contribution in [-0.4, -0.2) is 48.0 Å². The average molecular weight is 353 g/mol. The maximum Gasteiger partial charge on any atom is 0.410 e. The van der Waals surface area contributed by atoms with Crippen LogP contribution in [0.15, 0.2) is 0 Å². The molecule has 0 radical (unpaired) electrons. The summed E-state index contributed by atoms with van der Waals surface area (Å²) in [5.74, 6) is -1.14. The molecule has 2 atom stereocenters. The molecule has 6 heteroatoms. The molecule has 3 aliphatic rings. The third-order valence-electron chi connectivity index (χ3n) is 5.72.